The van der Waals surface area contributed by atoms with Crippen LogP contribution in [0.3, 0.4) is 0 Å². The molecule has 0 fully saturated rings. The van der Waals surface area contributed by atoms with Gasteiger partial charge in [0.15, 0.2) is 0 Å². The van der Waals surface area contributed by atoms with Crippen molar-refractivity contribution in [2.75, 3.05) is 6.61 Å². The first-order chi connectivity index (χ1) is 10.0. The molecule has 22 heavy (non-hydrogen) atoms. The molecule has 10 heteroatoms. The van der Waals surface area contributed by atoms with Gasteiger partial charge in [0.1, 0.15) is 4.32 Å². The number of hydrogen-bond acceptors (Lipinski definition) is 4. The monoisotopic (exact) mass is 404 g/mol. The molecule has 0 radical (unpaired) electrons. The number of rotatable bonds is 8. The van der Waals surface area contributed by atoms with Crippen LogP contribution in [0.1, 0.15) is 52.9 Å². The zero-order valence-electron chi connectivity index (χ0n) is 13.2. The summed E-state index contributed by atoms with van der Waals surface area (Å²) in [5.41, 5.74) is 4.81. The Labute approximate surface area is 139 Å². The van der Waals surface area contributed by atoms with E-state index in [1.807, 2.05) is 26.1 Å². The highest BCUT2D eigenvalue weighted by atomic mass is 79.9. The summed E-state index contributed by atoms with van der Waals surface area (Å²) in [6.07, 6.45) is 3.90. The number of halogens is 1. The van der Waals surface area contributed by atoms with Crippen LogP contribution in [0.2, 0.25) is 0 Å². The predicted molar refractivity (Wildman–Crippen MR) is 87.5 cm³/mol. The second-order valence-electron chi connectivity index (χ2n) is 4.52. The van der Waals surface area contributed by atoms with Gasteiger partial charge in [-0.15, -0.1) is 0 Å². The number of alkyl halides is 1. The van der Waals surface area contributed by atoms with Crippen LogP contribution in [-0.2, 0) is 13.9 Å². The third-order valence-electron chi connectivity index (χ3n) is 2.77. The number of carbonyl (C=O) groups is 2. The van der Waals surface area contributed by atoms with E-state index < -0.39 is 18.2 Å². The lowest BCUT2D eigenvalue weighted by atomic mass is 10.0. The van der Waals surface area contributed by atoms with Gasteiger partial charge in [0, 0.05) is 0 Å². The number of phosphoric acid groups is 1. The first-order valence-corrected chi connectivity index (χ1v) is 9.34. The standard InChI is InChI=1S/C7H13BrN2O2.C5H13O4P/c1-3-7(8,4-2)5(11)10-6(9)12;1-2-3-4-5-9-10(6,7)8/h3-4H2,1-2H3,(H3,9,10,11,12);2-5H2,1H3,(H2,6,7,8). The molecule has 0 saturated heterocycles. The fraction of sp³-hybridized carbons (Fsp3) is 0.833. The molecule has 0 atom stereocenters. The number of imide groups is 1. The number of nitrogens with one attached hydrogen (secondary N) is 1. The van der Waals surface area contributed by atoms with E-state index in [1.54, 1.807) is 0 Å². The van der Waals surface area contributed by atoms with Gasteiger partial charge in [-0.25, -0.2) is 9.36 Å². The van der Waals surface area contributed by atoms with Crippen molar-refractivity contribution < 1.29 is 28.5 Å². The van der Waals surface area contributed by atoms with Gasteiger partial charge in [0.05, 0.1) is 6.61 Å². The second kappa shape index (κ2) is 12.0. The number of carbonyl (C=O) groups excluding carboxylic acids is 2. The van der Waals surface area contributed by atoms with Crippen molar-refractivity contribution in [3.05, 3.63) is 0 Å². The van der Waals surface area contributed by atoms with Crippen molar-refractivity contribution in [1.82, 2.24) is 5.32 Å². The van der Waals surface area contributed by atoms with Crippen molar-refractivity contribution in [3.63, 3.8) is 0 Å². The molecule has 0 unspecified atom stereocenters. The van der Waals surface area contributed by atoms with E-state index in [0.717, 1.165) is 12.8 Å². The van der Waals surface area contributed by atoms with Crippen molar-refractivity contribution in [3.8, 4) is 0 Å². The Morgan fingerprint density at radius 2 is 1.73 bits per heavy atom. The van der Waals surface area contributed by atoms with Crippen LogP contribution in [0.15, 0.2) is 0 Å². The van der Waals surface area contributed by atoms with Gasteiger partial charge in [-0.1, -0.05) is 49.5 Å². The minimum absolute atomic E-state index is 0.151. The predicted octanol–water partition coefficient (Wildman–Crippen LogP) is 2.42. The van der Waals surface area contributed by atoms with Crippen LogP contribution in [0, 0.1) is 0 Å². The number of primary amides is 1. The van der Waals surface area contributed by atoms with Crippen LogP contribution in [-0.4, -0.2) is 32.7 Å². The molecule has 0 aliphatic carbocycles. The topological polar surface area (TPSA) is 139 Å². The van der Waals surface area contributed by atoms with Crippen molar-refractivity contribution in [1.29, 1.82) is 0 Å². The minimum atomic E-state index is -4.21. The summed E-state index contributed by atoms with van der Waals surface area (Å²) in [6, 6.07) is -0.814. The van der Waals surface area contributed by atoms with E-state index in [0.29, 0.717) is 19.3 Å². The molecular formula is C12H26BrN2O6P. The molecule has 0 aromatic rings. The highest BCUT2D eigenvalue weighted by molar-refractivity contribution is 9.10. The zero-order chi connectivity index (χ0) is 17.8. The molecule has 0 spiro atoms. The lowest BCUT2D eigenvalue weighted by Gasteiger charge is -2.21. The lowest BCUT2D eigenvalue weighted by Crippen LogP contribution is -2.46. The number of phosphoric ester groups is 1. The van der Waals surface area contributed by atoms with Crippen molar-refractivity contribution in [2.24, 2.45) is 5.73 Å². The molecule has 0 aromatic carbocycles. The van der Waals surface area contributed by atoms with Gasteiger partial charge in [-0.05, 0) is 19.3 Å². The SMILES string of the molecule is CCC(Br)(CC)C(=O)NC(N)=O.CCCCCOP(=O)(O)O. The zero-order valence-corrected chi connectivity index (χ0v) is 15.7. The summed E-state index contributed by atoms with van der Waals surface area (Å²) in [5.74, 6) is -0.375. The summed E-state index contributed by atoms with van der Waals surface area (Å²) in [4.78, 5) is 38.0. The van der Waals surface area contributed by atoms with E-state index in [9.17, 15) is 14.2 Å². The van der Waals surface area contributed by atoms with Gasteiger partial charge >= 0.3 is 13.9 Å². The summed E-state index contributed by atoms with van der Waals surface area (Å²) >= 11 is 3.26. The average molecular weight is 405 g/mol. The summed E-state index contributed by atoms with van der Waals surface area (Å²) in [7, 11) is -4.21. The molecule has 0 aliphatic rings. The Morgan fingerprint density at radius 1 is 1.23 bits per heavy atom. The van der Waals surface area contributed by atoms with Crippen LogP contribution >= 0.6 is 23.8 Å². The van der Waals surface area contributed by atoms with E-state index in [1.165, 1.54) is 0 Å². The Hall–Kier alpha value is -0.470. The molecule has 0 aliphatic heterocycles. The number of amides is 3. The summed E-state index contributed by atoms with van der Waals surface area (Å²) in [5, 5.41) is 2.04. The summed E-state index contributed by atoms with van der Waals surface area (Å²) < 4.78 is 13.6. The third kappa shape index (κ3) is 13.2. The van der Waals surface area contributed by atoms with Gasteiger partial charge in [-0.2, -0.15) is 0 Å². The number of urea groups is 1. The quantitative estimate of drug-likeness (QED) is 0.278. The maximum absolute atomic E-state index is 11.3. The number of nitrogens with two attached hydrogens (primary N) is 1. The van der Waals surface area contributed by atoms with E-state index in [4.69, 9.17) is 15.5 Å². The van der Waals surface area contributed by atoms with Gasteiger partial charge in [-0.3, -0.25) is 14.6 Å². The van der Waals surface area contributed by atoms with E-state index in [-0.39, 0.29) is 12.5 Å². The highest BCUT2D eigenvalue weighted by Gasteiger charge is 2.32. The van der Waals surface area contributed by atoms with Crippen LogP contribution in [0.4, 0.5) is 4.79 Å². The second-order valence-corrected chi connectivity index (χ2v) is 7.28. The molecule has 0 aromatic heterocycles. The Kier molecular flexibility index (Phi) is 13.0. The van der Waals surface area contributed by atoms with Gasteiger partial charge in [0.2, 0.25) is 5.91 Å². The molecule has 132 valence electrons. The first kappa shape index (κ1) is 23.8. The lowest BCUT2D eigenvalue weighted by molar-refractivity contribution is -0.122. The first-order valence-electron chi connectivity index (χ1n) is 7.02. The molecule has 0 bridgehead atoms. The molecule has 3 amide bonds. The van der Waals surface area contributed by atoms with Crippen LogP contribution in [0.25, 0.3) is 0 Å². The van der Waals surface area contributed by atoms with Gasteiger partial charge < -0.3 is 15.5 Å². The highest BCUT2D eigenvalue weighted by Crippen LogP contribution is 2.35. The third-order valence-corrected chi connectivity index (χ3v) is 4.77. The average Bonchev–Trinajstić information content (AvgIpc) is 2.41. The smallest absolute Gasteiger partial charge is 0.351 e. The number of unbranched alkanes of at least 4 members (excludes halogenated alkanes) is 2. The molecular weight excluding hydrogens is 379 g/mol. The van der Waals surface area contributed by atoms with E-state index >= 15 is 0 Å². The Bertz CT molecular complexity index is 384. The molecule has 0 heterocycles. The van der Waals surface area contributed by atoms with Crippen LogP contribution < -0.4 is 11.1 Å². The maximum Gasteiger partial charge on any atom is 0.469 e. The largest absolute Gasteiger partial charge is 0.469 e. The fourth-order valence-corrected chi connectivity index (χ4v) is 1.80. The van der Waals surface area contributed by atoms with Crippen LogP contribution in [0.5, 0.6) is 0 Å². The molecule has 0 saturated carbocycles. The van der Waals surface area contributed by atoms with Crippen molar-refractivity contribution >= 4 is 35.7 Å². The van der Waals surface area contributed by atoms with Gasteiger partial charge in [0.25, 0.3) is 0 Å². The molecule has 0 rings (SSSR count). The molecule has 5 N–H and O–H groups in total. The van der Waals surface area contributed by atoms with Crippen molar-refractivity contribution in [2.45, 2.75) is 57.2 Å². The normalized spacial score (nSPS) is 11.4. The summed E-state index contributed by atoms with van der Waals surface area (Å²) in [6.45, 7) is 5.88. The number of hydrogen-bond donors (Lipinski definition) is 4. The fourth-order valence-electron chi connectivity index (χ4n) is 1.33. The Morgan fingerprint density at radius 3 is 2.05 bits per heavy atom. The maximum atomic E-state index is 11.3. The Balaban J connectivity index is 0. The molecule has 8 nitrogen and oxygen atoms in total. The van der Waals surface area contributed by atoms with E-state index in [2.05, 4.69) is 20.5 Å². The minimum Gasteiger partial charge on any atom is -0.351 e.